The van der Waals surface area contributed by atoms with E-state index in [0.717, 1.165) is 19.0 Å². The summed E-state index contributed by atoms with van der Waals surface area (Å²) in [7, 11) is 0. The van der Waals surface area contributed by atoms with Gasteiger partial charge in [-0.05, 0) is 12.0 Å². The smallest absolute Gasteiger partial charge is 0.145 e. The minimum absolute atomic E-state index is 0.608. The highest BCUT2D eigenvalue weighted by molar-refractivity contribution is 5.23. The van der Waals surface area contributed by atoms with E-state index in [1.54, 1.807) is 0 Å². The maximum Gasteiger partial charge on any atom is 0.145 e. The molecule has 5 heteroatoms. The molecule has 1 aromatic rings. The van der Waals surface area contributed by atoms with Gasteiger partial charge in [-0.1, -0.05) is 13.8 Å². The molecular formula is C13H25N5. The van der Waals surface area contributed by atoms with Crippen LogP contribution in [-0.4, -0.2) is 58.8 Å². The van der Waals surface area contributed by atoms with Crippen molar-refractivity contribution in [3.63, 3.8) is 0 Å². The Bertz CT molecular complexity index is 352. The van der Waals surface area contributed by atoms with Gasteiger partial charge in [-0.15, -0.1) is 0 Å². The van der Waals surface area contributed by atoms with Gasteiger partial charge in [0.15, 0.2) is 0 Å². The fraction of sp³-hybridized carbons (Fsp3) is 0.769. The first-order valence-electron chi connectivity index (χ1n) is 6.87. The lowest BCUT2D eigenvalue weighted by Crippen LogP contribution is -2.48. The van der Waals surface area contributed by atoms with Crippen molar-refractivity contribution >= 4 is 5.82 Å². The molecule has 102 valence electrons. The zero-order valence-electron chi connectivity index (χ0n) is 11.5. The summed E-state index contributed by atoms with van der Waals surface area (Å²) in [5.41, 5.74) is 5.60. The molecule has 0 saturated carbocycles. The molecule has 0 aromatic carbocycles. The van der Waals surface area contributed by atoms with Gasteiger partial charge < -0.3 is 10.6 Å². The number of aromatic nitrogens is 2. The highest BCUT2D eigenvalue weighted by Gasteiger charge is 2.16. The van der Waals surface area contributed by atoms with Crippen LogP contribution in [0.25, 0.3) is 0 Å². The van der Waals surface area contributed by atoms with Crippen molar-refractivity contribution in [1.29, 1.82) is 0 Å². The van der Waals surface area contributed by atoms with Gasteiger partial charge in [-0.2, -0.15) is 5.10 Å². The average molecular weight is 251 g/mol. The number of piperazine rings is 1. The number of nitrogens with zero attached hydrogens (tertiary/aromatic N) is 4. The fourth-order valence-electron chi connectivity index (χ4n) is 2.46. The summed E-state index contributed by atoms with van der Waals surface area (Å²) in [4.78, 5) is 5.07. The molecular weight excluding hydrogens is 226 g/mol. The molecule has 1 saturated heterocycles. The molecule has 1 aromatic heterocycles. The minimum atomic E-state index is 0.608. The van der Waals surface area contributed by atoms with Crippen LogP contribution in [0, 0.1) is 5.92 Å². The molecule has 18 heavy (non-hydrogen) atoms. The zero-order valence-corrected chi connectivity index (χ0v) is 11.5. The SMILES string of the molecule is CC(C)CN1CCN(CCn2ccc(N)n2)CC1. The molecule has 0 amide bonds. The standard InChI is InChI=1S/C13H25N5/c1-12(2)11-17-7-5-16(6-8-17)9-10-18-4-3-13(14)15-18/h3-4,12H,5-11H2,1-2H3,(H2,14,15). The topological polar surface area (TPSA) is 50.3 Å². The molecule has 0 radical (unpaired) electrons. The Kier molecular flexibility index (Phi) is 4.60. The largest absolute Gasteiger partial charge is 0.382 e. The minimum Gasteiger partial charge on any atom is -0.382 e. The molecule has 0 atom stereocenters. The van der Waals surface area contributed by atoms with Gasteiger partial charge in [0, 0.05) is 45.5 Å². The first-order chi connectivity index (χ1) is 8.63. The lowest BCUT2D eigenvalue weighted by molar-refractivity contribution is 0.118. The second-order valence-corrected chi connectivity index (χ2v) is 5.54. The lowest BCUT2D eigenvalue weighted by atomic mass is 10.2. The van der Waals surface area contributed by atoms with Crippen LogP contribution in [0.2, 0.25) is 0 Å². The van der Waals surface area contributed by atoms with Gasteiger partial charge in [-0.3, -0.25) is 9.58 Å². The second kappa shape index (κ2) is 6.20. The molecule has 0 bridgehead atoms. The number of nitrogen functional groups attached to an aromatic ring is 1. The normalized spacial score (nSPS) is 18.6. The summed E-state index contributed by atoms with van der Waals surface area (Å²) in [6, 6.07) is 1.85. The van der Waals surface area contributed by atoms with Crippen molar-refractivity contribution in [2.45, 2.75) is 20.4 Å². The van der Waals surface area contributed by atoms with Gasteiger partial charge in [0.1, 0.15) is 5.82 Å². The van der Waals surface area contributed by atoms with Crippen molar-refractivity contribution in [1.82, 2.24) is 19.6 Å². The maximum absolute atomic E-state index is 5.60. The average Bonchev–Trinajstić information content (AvgIpc) is 2.74. The molecule has 1 aliphatic heterocycles. The molecule has 2 N–H and O–H groups in total. The Morgan fingerprint density at radius 3 is 2.39 bits per heavy atom. The van der Waals surface area contributed by atoms with Crippen molar-refractivity contribution in [2.75, 3.05) is 45.0 Å². The lowest BCUT2D eigenvalue weighted by Gasteiger charge is -2.35. The van der Waals surface area contributed by atoms with Crippen LogP contribution in [0.4, 0.5) is 5.82 Å². The highest BCUT2D eigenvalue weighted by Crippen LogP contribution is 2.05. The number of nitrogens with two attached hydrogens (primary N) is 1. The third-order valence-electron chi connectivity index (χ3n) is 3.39. The van der Waals surface area contributed by atoms with Crippen LogP contribution in [-0.2, 0) is 6.54 Å². The third-order valence-corrected chi connectivity index (χ3v) is 3.39. The van der Waals surface area contributed by atoms with Gasteiger partial charge in [-0.25, -0.2) is 0 Å². The third kappa shape index (κ3) is 3.99. The maximum atomic E-state index is 5.60. The summed E-state index contributed by atoms with van der Waals surface area (Å²) in [5.74, 6) is 1.38. The zero-order chi connectivity index (χ0) is 13.0. The summed E-state index contributed by atoms with van der Waals surface area (Å²) < 4.78 is 1.93. The van der Waals surface area contributed by atoms with E-state index in [0.29, 0.717) is 5.82 Å². The number of rotatable bonds is 5. The molecule has 1 fully saturated rings. The number of hydrogen-bond acceptors (Lipinski definition) is 4. The van der Waals surface area contributed by atoms with Crippen LogP contribution in [0.3, 0.4) is 0 Å². The molecule has 2 rings (SSSR count). The predicted molar refractivity (Wildman–Crippen MR) is 74.4 cm³/mol. The molecule has 2 heterocycles. The molecule has 0 spiro atoms. The van der Waals surface area contributed by atoms with Crippen molar-refractivity contribution in [2.24, 2.45) is 5.92 Å². The van der Waals surface area contributed by atoms with Crippen LogP contribution in [0.5, 0.6) is 0 Å². The van der Waals surface area contributed by atoms with Crippen LogP contribution >= 0.6 is 0 Å². The predicted octanol–water partition coefficient (Wildman–Crippen LogP) is 0.739. The van der Waals surface area contributed by atoms with Gasteiger partial charge in [0.25, 0.3) is 0 Å². The number of hydrogen-bond donors (Lipinski definition) is 1. The Balaban J connectivity index is 1.67. The monoisotopic (exact) mass is 251 g/mol. The van der Waals surface area contributed by atoms with E-state index < -0.39 is 0 Å². The van der Waals surface area contributed by atoms with E-state index in [2.05, 4.69) is 28.7 Å². The van der Waals surface area contributed by atoms with E-state index in [-0.39, 0.29) is 0 Å². The second-order valence-electron chi connectivity index (χ2n) is 5.54. The van der Waals surface area contributed by atoms with Crippen LogP contribution in [0.15, 0.2) is 12.3 Å². The molecule has 0 aliphatic carbocycles. The van der Waals surface area contributed by atoms with Gasteiger partial charge >= 0.3 is 0 Å². The van der Waals surface area contributed by atoms with Crippen LogP contribution in [0.1, 0.15) is 13.8 Å². The van der Waals surface area contributed by atoms with E-state index in [1.165, 1.54) is 32.7 Å². The van der Waals surface area contributed by atoms with Crippen LogP contribution < -0.4 is 5.73 Å². The quantitative estimate of drug-likeness (QED) is 0.838. The summed E-state index contributed by atoms with van der Waals surface area (Å²) >= 11 is 0. The van der Waals surface area contributed by atoms with E-state index >= 15 is 0 Å². The van der Waals surface area contributed by atoms with Crippen molar-refractivity contribution in [3.05, 3.63) is 12.3 Å². The Morgan fingerprint density at radius 2 is 1.83 bits per heavy atom. The molecule has 1 aliphatic rings. The molecule has 0 unspecified atom stereocenters. The first-order valence-corrected chi connectivity index (χ1v) is 6.87. The summed E-state index contributed by atoms with van der Waals surface area (Å²) in [5, 5.41) is 4.21. The number of anilines is 1. The first kappa shape index (κ1) is 13.4. The highest BCUT2D eigenvalue weighted by atomic mass is 15.3. The molecule has 5 nitrogen and oxygen atoms in total. The summed E-state index contributed by atoms with van der Waals surface area (Å²) in [6.07, 6.45) is 1.95. The Labute approximate surface area is 110 Å². The van der Waals surface area contributed by atoms with E-state index in [9.17, 15) is 0 Å². The fourth-order valence-corrected chi connectivity index (χ4v) is 2.46. The van der Waals surface area contributed by atoms with Crippen molar-refractivity contribution in [3.8, 4) is 0 Å². The summed E-state index contributed by atoms with van der Waals surface area (Å²) in [6.45, 7) is 12.5. The Hall–Kier alpha value is -1.07. The van der Waals surface area contributed by atoms with Crippen molar-refractivity contribution < 1.29 is 0 Å². The Morgan fingerprint density at radius 1 is 1.17 bits per heavy atom. The van der Waals surface area contributed by atoms with Gasteiger partial charge in [0.2, 0.25) is 0 Å². The van der Waals surface area contributed by atoms with Gasteiger partial charge in [0.05, 0.1) is 6.54 Å². The van der Waals surface area contributed by atoms with E-state index in [4.69, 9.17) is 5.73 Å². The van der Waals surface area contributed by atoms with E-state index in [1.807, 2.05) is 16.9 Å².